The highest BCUT2D eigenvalue weighted by atomic mass is 16.2. The van der Waals surface area contributed by atoms with Crippen LogP contribution < -0.4 is 0 Å². The largest absolute Gasteiger partial charge is 0.345 e. The van der Waals surface area contributed by atoms with Gasteiger partial charge in [0.05, 0.1) is 23.4 Å². The monoisotopic (exact) mass is 336 g/mol. The van der Waals surface area contributed by atoms with Crippen molar-refractivity contribution >= 4 is 11.8 Å². The number of amides is 2. The molecule has 0 bridgehead atoms. The Morgan fingerprint density at radius 3 is 2.72 bits per heavy atom. The van der Waals surface area contributed by atoms with E-state index in [1.165, 1.54) is 18.0 Å². The summed E-state index contributed by atoms with van der Waals surface area (Å²) < 4.78 is 0. The van der Waals surface area contributed by atoms with Crippen LogP contribution in [0.4, 0.5) is 0 Å². The second kappa shape index (κ2) is 5.95. The van der Waals surface area contributed by atoms with E-state index in [0.717, 1.165) is 0 Å². The number of nitrogens with zero attached hydrogens (tertiary/aromatic N) is 4. The van der Waals surface area contributed by atoms with Crippen molar-refractivity contribution in [1.82, 2.24) is 20.0 Å². The summed E-state index contributed by atoms with van der Waals surface area (Å²) in [6.45, 7) is 1.74. The number of likely N-dealkylation sites (tertiary alicyclic amines) is 2. The lowest BCUT2D eigenvalue weighted by atomic mass is 9.73. The number of carbonyl (C=O) groups excluding carboxylic acids is 2. The molecule has 1 aromatic carbocycles. The molecule has 2 saturated heterocycles. The molecule has 0 radical (unpaired) electrons. The number of rotatable bonds is 2. The number of hydrogen-bond acceptors (Lipinski definition) is 4. The summed E-state index contributed by atoms with van der Waals surface area (Å²) in [5, 5.41) is 7.50. The second-order valence-corrected chi connectivity index (χ2v) is 6.91. The number of hydrogen-bond donors (Lipinski definition) is 0. The van der Waals surface area contributed by atoms with Crippen molar-refractivity contribution < 1.29 is 9.59 Å². The number of carbonyl (C=O) groups is 2. The molecule has 6 nitrogen and oxygen atoms in total. The minimum atomic E-state index is -0.522. The van der Waals surface area contributed by atoms with E-state index in [0.29, 0.717) is 31.6 Å². The summed E-state index contributed by atoms with van der Waals surface area (Å²) in [6.07, 6.45) is 3.69. The SMILES string of the molecule is CN1C[C@@H](c2ccccc2)[C@]2(CCN(C(=O)c3ccnnc3)C2)C1=O. The Morgan fingerprint density at radius 2 is 2.00 bits per heavy atom. The molecule has 25 heavy (non-hydrogen) atoms. The summed E-state index contributed by atoms with van der Waals surface area (Å²) in [7, 11) is 1.85. The first-order valence-electron chi connectivity index (χ1n) is 8.48. The third-order valence-electron chi connectivity index (χ3n) is 5.52. The molecule has 2 aromatic rings. The van der Waals surface area contributed by atoms with Crippen LogP contribution in [-0.2, 0) is 4.79 Å². The van der Waals surface area contributed by atoms with Crippen LogP contribution in [0.25, 0.3) is 0 Å². The zero-order valence-electron chi connectivity index (χ0n) is 14.1. The standard InChI is InChI=1S/C19H20N4O2/c1-22-12-16(14-5-3-2-4-6-14)19(18(22)25)8-10-23(13-19)17(24)15-7-9-20-21-11-15/h2-7,9,11,16H,8,10,12-13H2,1H3/t16-,19+/m0/s1. The molecule has 0 N–H and O–H groups in total. The van der Waals surface area contributed by atoms with Crippen molar-refractivity contribution in [2.75, 3.05) is 26.7 Å². The van der Waals surface area contributed by atoms with E-state index in [1.54, 1.807) is 15.9 Å². The molecule has 0 saturated carbocycles. The molecule has 1 spiro atoms. The van der Waals surface area contributed by atoms with Gasteiger partial charge in [0.2, 0.25) is 5.91 Å². The number of aromatic nitrogens is 2. The molecule has 2 atom stereocenters. The zero-order valence-corrected chi connectivity index (χ0v) is 14.1. The molecular formula is C19H20N4O2. The van der Waals surface area contributed by atoms with E-state index >= 15 is 0 Å². The minimum absolute atomic E-state index is 0.0825. The number of benzene rings is 1. The highest BCUT2D eigenvalue weighted by molar-refractivity contribution is 5.95. The maximum absolute atomic E-state index is 13.0. The van der Waals surface area contributed by atoms with Gasteiger partial charge in [0, 0.05) is 32.6 Å². The predicted octanol–water partition coefficient (Wildman–Crippen LogP) is 1.56. The van der Waals surface area contributed by atoms with E-state index in [9.17, 15) is 9.59 Å². The van der Waals surface area contributed by atoms with Crippen LogP contribution in [0.1, 0.15) is 28.3 Å². The fraction of sp³-hybridized carbons (Fsp3) is 0.368. The highest BCUT2D eigenvalue weighted by Gasteiger charge is 2.57. The summed E-state index contributed by atoms with van der Waals surface area (Å²) in [6, 6.07) is 11.8. The maximum atomic E-state index is 13.0. The van der Waals surface area contributed by atoms with Gasteiger partial charge < -0.3 is 9.80 Å². The summed E-state index contributed by atoms with van der Waals surface area (Å²) in [4.78, 5) is 29.3. The topological polar surface area (TPSA) is 66.4 Å². The van der Waals surface area contributed by atoms with E-state index in [4.69, 9.17) is 0 Å². The van der Waals surface area contributed by atoms with Gasteiger partial charge >= 0.3 is 0 Å². The van der Waals surface area contributed by atoms with Gasteiger partial charge in [-0.25, -0.2) is 0 Å². The van der Waals surface area contributed by atoms with Gasteiger partial charge in [0.1, 0.15) is 0 Å². The van der Waals surface area contributed by atoms with E-state index < -0.39 is 5.41 Å². The van der Waals surface area contributed by atoms with Gasteiger partial charge in [-0.05, 0) is 18.1 Å². The van der Waals surface area contributed by atoms with E-state index in [-0.39, 0.29) is 17.7 Å². The Balaban J connectivity index is 1.64. The van der Waals surface area contributed by atoms with E-state index in [2.05, 4.69) is 22.3 Å². The van der Waals surface area contributed by atoms with Crippen LogP contribution in [-0.4, -0.2) is 58.5 Å². The van der Waals surface area contributed by atoms with Crippen LogP contribution in [0.15, 0.2) is 48.8 Å². The number of likely N-dealkylation sites (N-methyl/N-ethyl adjacent to an activating group) is 1. The quantitative estimate of drug-likeness (QED) is 0.835. The average Bonchev–Trinajstić information content (AvgIpc) is 3.21. The molecule has 2 aliphatic rings. The second-order valence-electron chi connectivity index (χ2n) is 6.91. The van der Waals surface area contributed by atoms with Gasteiger partial charge in [-0.3, -0.25) is 9.59 Å². The molecule has 2 fully saturated rings. The third kappa shape index (κ3) is 2.49. The Morgan fingerprint density at radius 1 is 1.20 bits per heavy atom. The Labute approximate surface area is 146 Å². The summed E-state index contributed by atoms with van der Waals surface area (Å²) >= 11 is 0. The third-order valence-corrected chi connectivity index (χ3v) is 5.52. The van der Waals surface area contributed by atoms with Crippen molar-refractivity contribution in [2.24, 2.45) is 5.41 Å². The lowest BCUT2D eigenvalue weighted by Crippen LogP contribution is -2.39. The van der Waals surface area contributed by atoms with Crippen LogP contribution in [0.2, 0.25) is 0 Å². The first-order chi connectivity index (χ1) is 12.1. The average molecular weight is 336 g/mol. The molecule has 2 amide bonds. The minimum Gasteiger partial charge on any atom is -0.345 e. The lowest BCUT2D eigenvalue weighted by Gasteiger charge is -2.28. The van der Waals surface area contributed by atoms with Crippen LogP contribution in [0.3, 0.4) is 0 Å². The molecule has 3 heterocycles. The highest BCUT2D eigenvalue weighted by Crippen LogP contribution is 2.49. The van der Waals surface area contributed by atoms with Gasteiger partial charge in [-0.15, -0.1) is 0 Å². The van der Waals surface area contributed by atoms with Gasteiger partial charge in [0.25, 0.3) is 5.91 Å². The first-order valence-corrected chi connectivity index (χ1v) is 8.48. The van der Waals surface area contributed by atoms with Crippen LogP contribution in [0.5, 0.6) is 0 Å². The Hall–Kier alpha value is -2.76. The van der Waals surface area contributed by atoms with Crippen molar-refractivity contribution in [3.8, 4) is 0 Å². The summed E-state index contributed by atoms with van der Waals surface area (Å²) in [5.74, 6) is 0.171. The smallest absolute Gasteiger partial charge is 0.255 e. The van der Waals surface area contributed by atoms with Gasteiger partial charge in [-0.2, -0.15) is 10.2 Å². The fourth-order valence-corrected chi connectivity index (χ4v) is 4.24. The van der Waals surface area contributed by atoms with Crippen molar-refractivity contribution in [3.63, 3.8) is 0 Å². The maximum Gasteiger partial charge on any atom is 0.255 e. The molecular weight excluding hydrogens is 316 g/mol. The van der Waals surface area contributed by atoms with Crippen LogP contribution in [0, 0.1) is 5.41 Å². The van der Waals surface area contributed by atoms with E-state index in [1.807, 2.05) is 25.2 Å². The lowest BCUT2D eigenvalue weighted by molar-refractivity contribution is -0.134. The van der Waals surface area contributed by atoms with Gasteiger partial charge in [-0.1, -0.05) is 30.3 Å². The first kappa shape index (κ1) is 15.7. The molecule has 4 rings (SSSR count). The van der Waals surface area contributed by atoms with Crippen LogP contribution >= 0.6 is 0 Å². The van der Waals surface area contributed by atoms with Crippen molar-refractivity contribution in [2.45, 2.75) is 12.3 Å². The molecule has 128 valence electrons. The normalized spacial score (nSPS) is 25.8. The Bertz CT molecular complexity index is 796. The molecule has 0 aliphatic carbocycles. The molecule has 6 heteroatoms. The van der Waals surface area contributed by atoms with Gasteiger partial charge in [0.15, 0.2) is 0 Å². The fourth-order valence-electron chi connectivity index (χ4n) is 4.24. The zero-order chi connectivity index (χ0) is 17.4. The molecule has 2 aliphatic heterocycles. The molecule has 1 aromatic heterocycles. The summed E-state index contributed by atoms with van der Waals surface area (Å²) in [5.41, 5.74) is 1.16. The van der Waals surface area contributed by atoms with Crippen molar-refractivity contribution in [3.05, 3.63) is 59.9 Å². The Kier molecular flexibility index (Phi) is 3.75. The predicted molar refractivity (Wildman–Crippen MR) is 91.8 cm³/mol. The van der Waals surface area contributed by atoms with Crippen molar-refractivity contribution in [1.29, 1.82) is 0 Å². The molecule has 0 unspecified atom stereocenters.